The third kappa shape index (κ3) is 2.46. The highest BCUT2D eigenvalue weighted by Crippen LogP contribution is 2.07. The van der Waals surface area contributed by atoms with Crippen LogP contribution in [0.15, 0.2) is 50.8 Å². The van der Waals surface area contributed by atoms with Crippen LogP contribution in [0, 0.1) is 0 Å². The highest BCUT2D eigenvalue weighted by Gasteiger charge is 2.16. The average molecular weight is 312 g/mol. The summed E-state index contributed by atoms with van der Waals surface area (Å²) in [5, 5.41) is -0.0587. The van der Waals surface area contributed by atoms with Crippen LogP contribution >= 0.6 is 0 Å². The molecule has 7 heteroatoms. The van der Waals surface area contributed by atoms with Gasteiger partial charge in [-0.05, 0) is 12.5 Å². The summed E-state index contributed by atoms with van der Waals surface area (Å²) in [5.41, 5.74) is 5.13. The van der Waals surface area contributed by atoms with Crippen molar-refractivity contribution in [3.63, 3.8) is 0 Å². The fraction of sp³-hybridized carbons (Fsp3) is 0.188. The van der Waals surface area contributed by atoms with Crippen LogP contribution < -0.4 is 22.4 Å². The van der Waals surface area contributed by atoms with E-state index in [0.29, 0.717) is 0 Å². The summed E-state index contributed by atoms with van der Waals surface area (Å²) in [6, 6.07) is 10.5. The molecule has 0 aliphatic rings. The molecule has 3 aromatic rings. The van der Waals surface area contributed by atoms with E-state index in [9.17, 15) is 14.4 Å². The third-order valence-electron chi connectivity index (χ3n) is 3.72. The number of aromatic nitrogens is 3. The number of aromatic amines is 1. The van der Waals surface area contributed by atoms with Crippen molar-refractivity contribution in [2.75, 3.05) is 5.73 Å². The third-order valence-corrected chi connectivity index (χ3v) is 3.72. The van der Waals surface area contributed by atoms with Crippen LogP contribution in [0.2, 0.25) is 0 Å². The summed E-state index contributed by atoms with van der Waals surface area (Å²) in [6.45, 7) is 2.11. The first-order valence-corrected chi connectivity index (χ1v) is 7.23. The van der Waals surface area contributed by atoms with E-state index in [0.717, 1.165) is 16.2 Å². The first kappa shape index (κ1) is 14.8. The monoisotopic (exact) mass is 312 g/mol. The van der Waals surface area contributed by atoms with Crippen molar-refractivity contribution in [2.24, 2.45) is 0 Å². The molecule has 0 atom stereocenters. The molecule has 118 valence electrons. The molecule has 1 aromatic carbocycles. The summed E-state index contributed by atoms with van der Waals surface area (Å²) < 4.78 is 2.42. The molecule has 0 radical (unpaired) electrons. The normalized spacial score (nSPS) is 11.0. The molecule has 0 fully saturated rings. The van der Waals surface area contributed by atoms with E-state index in [4.69, 9.17) is 5.73 Å². The van der Waals surface area contributed by atoms with E-state index in [1.54, 1.807) is 6.92 Å². The predicted molar refractivity (Wildman–Crippen MR) is 88.7 cm³/mol. The summed E-state index contributed by atoms with van der Waals surface area (Å²) in [6.07, 6.45) is 0. The number of hydrogen-bond acceptors (Lipinski definition) is 4. The van der Waals surface area contributed by atoms with Crippen LogP contribution in [0.1, 0.15) is 12.5 Å². The zero-order chi connectivity index (χ0) is 16.6. The van der Waals surface area contributed by atoms with E-state index in [1.807, 2.05) is 30.3 Å². The van der Waals surface area contributed by atoms with Crippen LogP contribution in [0.5, 0.6) is 0 Å². The zero-order valence-corrected chi connectivity index (χ0v) is 12.6. The van der Waals surface area contributed by atoms with E-state index in [-0.39, 0.29) is 29.9 Å². The van der Waals surface area contributed by atoms with Crippen LogP contribution in [-0.2, 0) is 13.1 Å². The predicted octanol–water partition coefficient (Wildman–Crippen LogP) is 0.502. The Labute approximate surface area is 130 Å². The molecule has 0 saturated carbocycles. The molecule has 7 nitrogen and oxygen atoms in total. The number of anilines is 1. The molecule has 0 unspecified atom stereocenters. The maximum atomic E-state index is 12.6. The van der Waals surface area contributed by atoms with Crippen LogP contribution in [0.3, 0.4) is 0 Å². The van der Waals surface area contributed by atoms with Gasteiger partial charge in [-0.25, -0.2) is 4.79 Å². The lowest BCUT2D eigenvalue weighted by atomic mass is 10.2. The molecule has 3 rings (SSSR count). The highest BCUT2D eigenvalue weighted by molar-refractivity contribution is 5.75. The lowest BCUT2D eigenvalue weighted by molar-refractivity contribution is 0.615. The Morgan fingerprint density at radius 2 is 1.78 bits per heavy atom. The number of rotatable bonds is 3. The summed E-state index contributed by atoms with van der Waals surface area (Å²) in [5.74, 6) is 0.109. The fourth-order valence-corrected chi connectivity index (χ4v) is 2.63. The summed E-state index contributed by atoms with van der Waals surface area (Å²) >= 11 is 0. The van der Waals surface area contributed by atoms with Crippen molar-refractivity contribution in [2.45, 2.75) is 20.0 Å². The number of pyridine rings is 1. The van der Waals surface area contributed by atoms with Gasteiger partial charge in [-0.3, -0.25) is 18.7 Å². The fourth-order valence-electron chi connectivity index (χ4n) is 2.63. The Balaban J connectivity index is 2.42. The molecule has 0 amide bonds. The lowest BCUT2D eigenvalue weighted by Crippen LogP contribution is -2.42. The van der Waals surface area contributed by atoms with Gasteiger partial charge in [0.05, 0.1) is 6.54 Å². The molecule has 0 saturated heterocycles. The Kier molecular flexibility index (Phi) is 3.61. The Morgan fingerprint density at radius 1 is 1.09 bits per heavy atom. The zero-order valence-electron chi connectivity index (χ0n) is 12.6. The molecule has 3 N–H and O–H groups in total. The Morgan fingerprint density at radius 3 is 2.43 bits per heavy atom. The first-order valence-electron chi connectivity index (χ1n) is 7.23. The maximum absolute atomic E-state index is 12.6. The van der Waals surface area contributed by atoms with Crippen LogP contribution in [0.25, 0.3) is 11.0 Å². The standard InChI is InChI=1S/C16H16N4O3/c1-2-19-15(22)13-11(21)8-12(17)18-14(13)20(16(19)23)9-10-6-4-3-5-7-10/h3-8H,2,9H2,1H3,(H3,17,18,21). The molecule has 0 aliphatic heterocycles. The second-order valence-corrected chi connectivity index (χ2v) is 5.22. The van der Waals surface area contributed by atoms with E-state index in [2.05, 4.69) is 4.98 Å². The first-order chi connectivity index (χ1) is 11.0. The van der Waals surface area contributed by atoms with Crippen molar-refractivity contribution >= 4 is 16.9 Å². The number of nitrogens with one attached hydrogen (secondary N) is 1. The summed E-state index contributed by atoms with van der Waals surface area (Å²) in [7, 11) is 0. The van der Waals surface area contributed by atoms with Crippen molar-refractivity contribution in [3.8, 4) is 0 Å². The second-order valence-electron chi connectivity index (χ2n) is 5.22. The molecular formula is C16H16N4O3. The smallest absolute Gasteiger partial charge is 0.332 e. The summed E-state index contributed by atoms with van der Waals surface area (Å²) in [4.78, 5) is 40.0. The van der Waals surface area contributed by atoms with Gasteiger partial charge in [0.25, 0.3) is 5.56 Å². The van der Waals surface area contributed by atoms with Crippen LogP contribution in [0.4, 0.5) is 5.82 Å². The Bertz CT molecular complexity index is 1050. The van der Waals surface area contributed by atoms with Gasteiger partial charge in [0.2, 0.25) is 0 Å². The van der Waals surface area contributed by atoms with Gasteiger partial charge < -0.3 is 10.7 Å². The highest BCUT2D eigenvalue weighted by atomic mass is 16.2. The van der Waals surface area contributed by atoms with Crippen molar-refractivity contribution in [1.29, 1.82) is 0 Å². The van der Waals surface area contributed by atoms with Crippen LogP contribution in [-0.4, -0.2) is 14.1 Å². The molecule has 0 bridgehead atoms. The molecular weight excluding hydrogens is 296 g/mol. The van der Waals surface area contributed by atoms with Gasteiger partial charge in [-0.15, -0.1) is 0 Å². The van der Waals surface area contributed by atoms with Gasteiger partial charge in [0.15, 0.2) is 5.43 Å². The average Bonchev–Trinajstić information content (AvgIpc) is 2.52. The van der Waals surface area contributed by atoms with E-state index >= 15 is 0 Å². The number of fused-ring (bicyclic) bond motifs is 1. The number of nitrogens with two attached hydrogens (primary N) is 1. The minimum atomic E-state index is -0.599. The van der Waals surface area contributed by atoms with Crippen molar-refractivity contribution < 1.29 is 0 Å². The quantitative estimate of drug-likeness (QED) is 0.735. The lowest BCUT2D eigenvalue weighted by Gasteiger charge is -2.13. The second kappa shape index (κ2) is 5.60. The Hall–Kier alpha value is -3.09. The van der Waals surface area contributed by atoms with Crippen molar-refractivity contribution in [3.05, 3.63) is 73.0 Å². The van der Waals surface area contributed by atoms with Gasteiger partial charge in [0, 0.05) is 12.6 Å². The largest absolute Gasteiger partial charge is 0.385 e. The van der Waals surface area contributed by atoms with Gasteiger partial charge in [0.1, 0.15) is 16.9 Å². The number of hydrogen-bond donors (Lipinski definition) is 2. The van der Waals surface area contributed by atoms with Gasteiger partial charge >= 0.3 is 5.69 Å². The molecule has 0 aliphatic carbocycles. The number of benzene rings is 1. The van der Waals surface area contributed by atoms with E-state index < -0.39 is 16.7 Å². The maximum Gasteiger partial charge on any atom is 0.332 e. The molecule has 2 heterocycles. The van der Waals surface area contributed by atoms with Gasteiger partial charge in [-0.1, -0.05) is 30.3 Å². The molecule has 23 heavy (non-hydrogen) atoms. The molecule has 0 spiro atoms. The number of H-pyrrole nitrogens is 1. The van der Waals surface area contributed by atoms with Gasteiger partial charge in [-0.2, -0.15) is 0 Å². The minimum absolute atomic E-state index is 0.0587. The van der Waals surface area contributed by atoms with Crippen molar-refractivity contribution in [1.82, 2.24) is 14.1 Å². The topological polar surface area (TPSA) is 103 Å². The molecule has 2 aromatic heterocycles. The number of nitrogen functional groups attached to an aromatic ring is 1. The SMILES string of the molecule is CCn1c(=O)c2c(=O)cc(N)[nH]c2n(Cc2ccccc2)c1=O. The minimum Gasteiger partial charge on any atom is -0.385 e. The van der Waals surface area contributed by atoms with E-state index in [1.165, 1.54) is 4.57 Å². The number of nitrogens with zero attached hydrogens (tertiary/aromatic N) is 2.